The normalized spacial score (nSPS) is 11.5. The summed E-state index contributed by atoms with van der Waals surface area (Å²) in [5.74, 6) is 0.872. The summed E-state index contributed by atoms with van der Waals surface area (Å²) in [5.41, 5.74) is 1.07. The SMILES string of the molecule is CC(C)(C)SCC(=O)Cc1ccccc1Br. The Balaban J connectivity index is 2.50. The van der Waals surface area contributed by atoms with Gasteiger partial charge >= 0.3 is 0 Å². The first-order chi connectivity index (χ1) is 7.38. The van der Waals surface area contributed by atoms with Crippen molar-refractivity contribution >= 4 is 33.5 Å². The van der Waals surface area contributed by atoms with E-state index in [4.69, 9.17) is 0 Å². The van der Waals surface area contributed by atoms with E-state index in [2.05, 4.69) is 36.7 Å². The third-order valence-electron chi connectivity index (χ3n) is 2.01. The summed E-state index contributed by atoms with van der Waals surface area (Å²) in [7, 11) is 0. The van der Waals surface area contributed by atoms with E-state index in [1.54, 1.807) is 11.8 Å². The highest BCUT2D eigenvalue weighted by Crippen LogP contribution is 2.24. The van der Waals surface area contributed by atoms with Crippen LogP contribution in [0.5, 0.6) is 0 Å². The minimum absolute atomic E-state index is 0.156. The Labute approximate surface area is 110 Å². The molecular formula is C13H17BrOS. The number of Topliss-reactive ketones (excluding diaryl/α,β-unsaturated/α-hetero) is 1. The summed E-state index contributed by atoms with van der Waals surface area (Å²) >= 11 is 5.16. The van der Waals surface area contributed by atoms with Gasteiger partial charge in [-0.15, -0.1) is 11.8 Å². The van der Waals surface area contributed by atoms with Crippen molar-refractivity contribution in [3.63, 3.8) is 0 Å². The van der Waals surface area contributed by atoms with Crippen LogP contribution in [0.4, 0.5) is 0 Å². The Bertz CT molecular complexity index is 368. The first kappa shape index (κ1) is 13.8. The van der Waals surface area contributed by atoms with E-state index >= 15 is 0 Å². The second kappa shape index (κ2) is 5.87. The summed E-state index contributed by atoms with van der Waals surface area (Å²) in [6.07, 6.45) is 0.518. The molecule has 0 saturated heterocycles. The second-order valence-corrected chi connectivity index (χ2v) is 7.36. The number of ketones is 1. The van der Waals surface area contributed by atoms with Crippen LogP contribution >= 0.6 is 27.7 Å². The summed E-state index contributed by atoms with van der Waals surface area (Å²) in [6.45, 7) is 6.39. The van der Waals surface area contributed by atoms with Crippen molar-refractivity contribution in [2.24, 2.45) is 0 Å². The highest BCUT2D eigenvalue weighted by Gasteiger charge is 2.14. The van der Waals surface area contributed by atoms with Crippen molar-refractivity contribution in [2.45, 2.75) is 31.9 Å². The minimum Gasteiger partial charge on any atom is -0.298 e. The second-order valence-electron chi connectivity index (χ2n) is 4.71. The molecule has 1 aromatic carbocycles. The van der Waals surface area contributed by atoms with E-state index < -0.39 is 0 Å². The maximum atomic E-state index is 11.8. The molecule has 1 aromatic rings. The van der Waals surface area contributed by atoms with Gasteiger partial charge in [0.15, 0.2) is 0 Å². The molecule has 0 fully saturated rings. The first-order valence-electron chi connectivity index (χ1n) is 5.27. The molecule has 3 heteroatoms. The molecule has 1 rings (SSSR count). The van der Waals surface area contributed by atoms with Crippen LogP contribution in [-0.4, -0.2) is 16.3 Å². The average molecular weight is 301 g/mol. The lowest BCUT2D eigenvalue weighted by molar-refractivity contribution is -0.116. The summed E-state index contributed by atoms with van der Waals surface area (Å²) < 4.78 is 1.17. The lowest BCUT2D eigenvalue weighted by atomic mass is 10.1. The number of carbonyl (C=O) groups excluding carboxylic acids is 1. The fraction of sp³-hybridized carbons (Fsp3) is 0.462. The average Bonchev–Trinajstić information content (AvgIpc) is 2.18. The molecular weight excluding hydrogens is 284 g/mol. The van der Waals surface area contributed by atoms with Gasteiger partial charge in [-0.2, -0.15) is 0 Å². The molecule has 0 aliphatic carbocycles. The van der Waals surface area contributed by atoms with Gasteiger partial charge in [0.25, 0.3) is 0 Å². The van der Waals surface area contributed by atoms with Gasteiger partial charge in [0.1, 0.15) is 5.78 Å². The molecule has 0 unspecified atom stereocenters. The van der Waals surface area contributed by atoms with Crippen LogP contribution in [0.2, 0.25) is 0 Å². The van der Waals surface area contributed by atoms with Gasteiger partial charge in [0.05, 0.1) is 5.75 Å². The number of thioether (sulfide) groups is 1. The van der Waals surface area contributed by atoms with Gasteiger partial charge in [-0.25, -0.2) is 0 Å². The Hall–Kier alpha value is -0.280. The fourth-order valence-electron chi connectivity index (χ4n) is 1.20. The Kier molecular flexibility index (Phi) is 5.06. The molecule has 0 aromatic heterocycles. The molecule has 0 N–H and O–H groups in total. The van der Waals surface area contributed by atoms with Crippen molar-refractivity contribution in [3.05, 3.63) is 34.3 Å². The Morgan fingerprint density at radius 2 is 1.94 bits per heavy atom. The summed E-state index contributed by atoms with van der Waals surface area (Å²) in [5, 5.41) is 0. The fourth-order valence-corrected chi connectivity index (χ4v) is 2.32. The molecule has 0 saturated carbocycles. The topological polar surface area (TPSA) is 17.1 Å². The molecule has 0 radical (unpaired) electrons. The van der Waals surface area contributed by atoms with Gasteiger partial charge in [-0.3, -0.25) is 4.79 Å². The van der Waals surface area contributed by atoms with Crippen LogP contribution in [0, 0.1) is 0 Å². The highest BCUT2D eigenvalue weighted by atomic mass is 79.9. The number of carbonyl (C=O) groups is 1. The lowest BCUT2D eigenvalue weighted by Crippen LogP contribution is -2.14. The largest absolute Gasteiger partial charge is 0.298 e. The zero-order valence-electron chi connectivity index (χ0n) is 9.92. The standard InChI is InChI=1S/C13H17BrOS/c1-13(2,3)16-9-11(15)8-10-6-4-5-7-12(10)14/h4-7H,8-9H2,1-3H3. The van der Waals surface area contributed by atoms with E-state index in [1.165, 1.54) is 0 Å². The maximum Gasteiger partial charge on any atom is 0.147 e. The predicted molar refractivity (Wildman–Crippen MR) is 75.1 cm³/mol. The lowest BCUT2D eigenvalue weighted by Gasteiger charge is -2.16. The van der Waals surface area contributed by atoms with Crippen molar-refractivity contribution in [1.29, 1.82) is 0 Å². The number of hydrogen-bond acceptors (Lipinski definition) is 2. The quantitative estimate of drug-likeness (QED) is 0.833. The highest BCUT2D eigenvalue weighted by molar-refractivity contribution is 9.10. The molecule has 0 bridgehead atoms. The Morgan fingerprint density at radius 3 is 2.50 bits per heavy atom. The molecule has 0 atom stereocenters. The van der Waals surface area contributed by atoms with Gasteiger partial charge in [-0.05, 0) is 11.6 Å². The number of rotatable bonds is 4. The molecule has 0 aliphatic heterocycles. The van der Waals surface area contributed by atoms with E-state index in [0.29, 0.717) is 12.2 Å². The van der Waals surface area contributed by atoms with Gasteiger partial charge in [-0.1, -0.05) is 54.9 Å². The van der Waals surface area contributed by atoms with Gasteiger partial charge in [0, 0.05) is 15.6 Å². The van der Waals surface area contributed by atoms with Gasteiger partial charge in [0.2, 0.25) is 0 Å². The van der Waals surface area contributed by atoms with E-state index in [9.17, 15) is 4.79 Å². The van der Waals surface area contributed by atoms with Crippen LogP contribution in [0.15, 0.2) is 28.7 Å². The predicted octanol–water partition coefficient (Wildman–Crippen LogP) is 4.09. The van der Waals surface area contributed by atoms with Crippen LogP contribution in [0.1, 0.15) is 26.3 Å². The van der Waals surface area contributed by atoms with E-state index in [1.807, 2.05) is 24.3 Å². The smallest absolute Gasteiger partial charge is 0.147 e. The van der Waals surface area contributed by atoms with Crippen molar-refractivity contribution in [1.82, 2.24) is 0 Å². The summed E-state index contributed by atoms with van der Waals surface area (Å²) in [4.78, 5) is 11.8. The van der Waals surface area contributed by atoms with Crippen LogP contribution in [0.25, 0.3) is 0 Å². The van der Waals surface area contributed by atoms with Crippen LogP contribution in [-0.2, 0) is 11.2 Å². The van der Waals surface area contributed by atoms with Crippen LogP contribution in [0.3, 0.4) is 0 Å². The summed E-state index contributed by atoms with van der Waals surface area (Å²) in [6, 6.07) is 7.88. The molecule has 88 valence electrons. The van der Waals surface area contributed by atoms with Crippen molar-refractivity contribution in [2.75, 3.05) is 5.75 Å². The zero-order chi connectivity index (χ0) is 12.2. The van der Waals surface area contributed by atoms with E-state index in [-0.39, 0.29) is 10.5 Å². The monoisotopic (exact) mass is 300 g/mol. The number of benzene rings is 1. The van der Waals surface area contributed by atoms with Crippen LogP contribution < -0.4 is 0 Å². The Morgan fingerprint density at radius 1 is 1.31 bits per heavy atom. The molecule has 0 spiro atoms. The maximum absolute atomic E-state index is 11.8. The van der Waals surface area contributed by atoms with Crippen molar-refractivity contribution in [3.8, 4) is 0 Å². The number of hydrogen-bond donors (Lipinski definition) is 0. The third kappa shape index (κ3) is 5.17. The molecule has 0 aliphatic rings. The zero-order valence-corrected chi connectivity index (χ0v) is 12.3. The molecule has 0 amide bonds. The first-order valence-corrected chi connectivity index (χ1v) is 7.05. The molecule has 16 heavy (non-hydrogen) atoms. The molecule has 0 heterocycles. The number of halogens is 1. The van der Waals surface area contributed by atoms with E-state index in [0.717, 1.165) is 10.0 Å². The van der Waals surface area contributed by atoms with Crippen molar-refractivity contribution < 1.29 is 4.79 Å². The molecule has 1 nitrogen and oxygen atoms in total. The third-order valence-corrected chi connectivity index (χ3v) is 4.12. The minimum atomic E-state index is 0.156. The van der Waals surface area contributed by atoms with Gasteiger partial charge < -0.3 is 0 Å².